The molecular formula is C20H18FN3OS. The van der Waals surface area contributed by atoms with Crippen molar-refractivity contribution in [2.24, 2.45) is 0 Å². The summed E-state index contributed by atoms with van der Waals surface area (Å²) in [6.07, 6.45) is 2.46. The second-order valence-corrected chi connectivity index (χ2v) is 7.22. The van der Waals surface area contributed by atoms with Gasteiger partial charge in [0.05, 0.1) is 10.2 Å². The summed E-state index contributed by atoms with van der Waals surface area (Å²) in [5, 5.41) is 4.33. The third-order valence-electron chi connectivity index (χ3n) is 4.32. The lowest BCUT2D eigenvalue weighted by Crippen LogP contribution is -2.12. The topological polar surface area (TPSA) is 51.0 Å². The lowest BCUT2D eigenvalue weighted by atomic mass is 10.1. The fraction of sp³-hybridized carbons (Fsp3) is 0.200. The number of aromatic nitrogens is 2. The first-order valence-corrected chi connectivity index (χ1v) is 9.32. The van der Waals surface area contributed by atoms with Crippen LogP contribution in [-0.4, -0.2) is 16.0 Å². The predicted molar refractivity (Wildman–Crippen MR) is 104 cm³/mol. The summed E-state index contributed by atoms with van der Waals surface area (Å²) in [6.45, 7) is 4.28. The lowest BCUT2D eigenvalue weighted by Gasteiger charge is -2.08. The Morgan fingerprint density at radius 1 is 1.15 bits per heavy atom. The molecule has 0 aliphatic heterocycles. The van der Waals surface area contributed by atoms with Gasteiger partial charge in [0, 0.05) is 17.2 Å². The fourth-order valence-corrected chi connectivity index (χ4v) is 3.72. The minimum absolute atomic E-state index is 0.272. The maximum atomic E-state index is 13.2. The Bertz CT molecular complexity index is 1040. The molecule has 1 atom stereocenters. The van der Waals surface area contributed by atoms with Crippen LogP contribution in [0.3, 0.4) is 0 Å². The van der Waals surface area contributed by atoms with Crippen molar-refractivity contribution in [1.82, 2.24) is 9.97 Å². The Morgan fingerprint density at radius 2 is 1.92 bits per heavy atom. The van der Waals surface area contributed by atoms with Crippen molar-refractivity contribution < 1.29 is 8.81 Å². The van der Waals surface area contributed by atoms with Crippen molar-refractivity contribution in [3.63, 3.8) is 0 Å². The Labute approximate surface area is 154 Å². The first-order chi connectivity index (χ1) is 12.6. The maximum absolute atomic E-state index is 13.2. The van der Waals surface area contributed by atoms with Crippen molar-refractivity contribution in [2.75, 3.05) is 5.32 Å². The van der Waals surface area contributed by atoms with Crippen LogP contribution in [-0.2, 0) is 0 Å². The normalized spacial score (nSPS) is 12.4. The molecule has 0 radical (unpaired) electrons. The van der Waals surface area contributed by atoms with Crippen molar-refractivity contribution in [3.8, 4) is 22.6 Å². The van der Waals surface area contributed by atoms with Crippen LogP contribution >= 0.6 is 11.3 Å². The molecule has 1 N–H and O–H groups in total. The number of benzene rings is 2. The average Bonchev–Trinajstić information content (AvgIpc) is 3.27. The second kappa shape index (κ2) is 6.88. The van der Waals surface area contributed by atoms with E-state index in [1.165, 1.54) is 18.5 Å². The van der Waals surface area contributed by atoms with Crippen LogP contribution in [0.15, 0.2) is 53.3 Å². The molecule has 0 aliphatic carbocycles. The molecule has 0 unspecified atom stereocenters. The summed E-state index contributed by atoms with van der Waals surface area (Å²) in [4.78, 5) is 8.95. The number of hydrogen-bond donors (Lipinski definition) is 1. The first-order valence-electron chi connectivity index (χ1n) is 8.51. The number of thiazole rings is 1. The number of halogens is 1. The monoisotopic (exact) mass is 367 g/mol. The van der Waals surface area contributed by atoms with Crippen LogP contribution in [0.25, 0.3) is 32.8 Å². The maximum Gasteiger partial charge on any atom is 0.183 e. The molecule has 0 bridgehead atoms. The zero-order valence-corrected chi connectivity index (χ0v) is 15.3. The third-order valence-corrected chi connectivity index (χ3v) is 5.27. The van der Waals surface area contributed by atoms with Crippen molar-refractivity contribution in [1.29, 1.82) is 0 Å². The SMILES string of the molecule is CC[C@H](C)Nc1nc2ccc(-c3ocnc3-c3ccc(F)cc3)cc2s1. The van der Waals surface area contributed by atoms with E-state index in [9.17, 15) is 4.39 Å². The summed E-state index contributed by atoms with van der Waals surface area (Å²) in [5.74, 6) is 0.398. The van der Waals surface area contributed by atoms with E-state index >= 15 is 0 Å². The molecule has 2 heterocycles. The molecule has 0 aliphatic rings. The first kappa shape index (κ1) is 16.7. The van der Waals surface area contributed by atoms with E-state index in [1.54, 1.807) is 23.5 Å². The zero-order chi connectivity index (χ0) is 18.1. The molecule has 4 rings (SSSR count). The Balaban J connectivity index is 1.71. The van der Waals surface area contributed by atoms with E-state index in [0.717, 1.165) is 32.9 Å². The molecule has 0 saturated carbocycles. The number of anilines is 1. The van der Waals surface area contributed by atoms with Crippen LogP contribution in [0.4, 0.5) is 9.52 Å². The van der Waals surface area contributed by atoms with E-state index in [-0.39, 0.29) is 5.82 Å². The molecule has 2 aromatic carbocycles. The quantitative estimate of drug-likeness (QED) is 0.472. The highest BCUT2D eigenvalue weighted by Gasteiger charge is 2.15. The van der Waals surface area contributed by atoms with Gasteiger partial charge < -0.3 is 9.73 Å². The van der Waals surface area contributed by atoms with Gasteiger partial charge in [-0.1, -0.05) is 18.3 Å². The molecule has 26 heavy (non-hydrogen) atoms. The molecule has 6 heteroatoms. The standard InChI is InChI=1S/C20H18FN3OS/c1-3-12(2)23-20-24-16-9-6-14(10-17(16)26-20)19-18(22-11-25-19)13-4-7-15(21)8-5-13/h4-12H,3H2,1-2H3,(H,23,24)/t12-/m0/s1. The number of oxazole rings is 1. The lowest BCUT2D eigenvalue weighted by molar-refractivity contribution is 0.572. The van der Waals surface area contributed by atoms with Gasteiger partial charge in [-0.15, -0.1) is 0 Å². The minimum atomic E-state index is -0.272. The molecule has 132 valence electrons. The summed E-state index contributed by atoms with van der Waals surface area (Å²) in [5.41, 5.74) is 3.39. The minimum Gasteiger partial charge on any atom is -0.443 e. The summed E-state index contributed by atoms with van der Waals surface area (Å²) >= 11 is 1.62. The predicted octanol–water partition coefficient (Wildman–Crippen LogP) is 5.97. The summed E-state index contributed by atoms with van der Waals surface area (Å²) < 4.78 is 19.9. The Kier molecular flexibility index (Phi) is 4.42. The molecule has 0 saturated heterocycles. The molecule has 0 amide bonds. The van der Waals surface area contributed by atoms with Gasteiger partial charge in [-0.3, -0.25) is 0 Å². The second-order valence-electron chi connectivity index (χ2n) is 6.19. The van der Waals surface area contributed by atoms with Gasteiger partial charge in [-0.05, 0) is 55.8 Å². The third kappa shape index (κ3) is 3.20. The van der Waals surface area contributed by atoms with Gasteiger partial charge in [-0.25, -0.2) is 14.4 Å². The zero-order valence-electron chi connectivity index (χ0n) is 14.5. The van der Waals surface area contributed by atoms with Gasteiger partial charge >= 0.3 is 0 Å². The average molecular weight is 367 g/mol. The van der Waals surface area contributed by atoms with E-state index in [4.69, 9.17) is 4.42 Å². The highest BCUT2D eigenvalue weighted by molar-refractivity contribution is 7.22. The van der Waals surface area contributed by atoms with E-state index < -0.39 is 0 Å². The number of nitrogens with zero attached hydrogens (tertiary/aromatic N) is 2. The van der Waals surface area contributed by atoms with Crippen LogP contribution in [0.5, 0.6) is 0 Å². The van der Waals surface area contributed by atoms with Gasteiger partial charge in [0.25, 0.3) is 0 Å². The number of nitrogens with one attached hydrogen (secondary N) is 1. The number of hydrogen-bond acceptors (Lipinski definition) is 5. The van der Waals surface area contributed by atoms with Gasteiger partial charge in [-0.2, -0.15) is 0 Å². The Morgan fingerprint density at radius 3 is 2.69 bits per heavy atom. The van der Waals surface area contributed by atoms with Gasteiger partial charge in [0.2, 0.25) is 0 Å². The largest absolute Gasteiger partial charge is 0.443 e. The van der Waals surface area contributed by atoms with Crippen LogP contribution in [0, 0.1) is 5.82 Å². The molecule has 0 spiro atoms. The molecular weight excluding hydrogens is 349 g/mol. The van der Waals surface area contributed by atoms with Crippen molar-refractivity contribution >= 4 is 26.7 Å². The molecule has 4 aromatic rings. The van der Waals surface area contributed by atoms with Gasteiger partial charge in [0.1, 0.15) is 11.5 Å². The van der Waals surface area contributed by atoms with Crippen molar-refractivity contribution in [3.05, 3.63) is 54.7 Å². The number of fused-ring (bicyclic) bond motifs is 1. The van der Waals surface area contributed by atoms with Crippen LogP contribution < -0.4 is 5.32 Å². The summed E-state index contributed by atoms with van der Waals surface area (Å²) in [7, 11) is 0. The fourth-order valence-electron chi connectivity index (χ4n) is 2.70. The van der Waals surface area contributed by atoms with E-state index in [2.05, 4.69) is 35.2 Å². The van der Waals surface area contributed by atoms with Crippen LogP contribution in [0.2, 0.25) is 0 Å². The highest BCUT2D eigenvalue weighted by atomic mass is 32.1. The number of rotatable bonds is 5. The molecule has 2 aromatic heterocycles. The smallest absolute Gasteiger partial charge is 0.183 e. The van der Waals surface area contributed by atoms with Gasteiger partial charge in [0.15, 0.2) is 17.3 Å². The van der Waals surface area contributed by atoms with E-state index in [1.807, 2.05) is 12.1 Å². The van der Waals surface area contributed by atoms with Crippen molar-refractivity contribution in [2.45, 2.75) is 26.3 Å². The summed E-state index contributed by atoms with van der Waals surface area (Å²) in [6, 6.07) is 12.7. The molecule has 4 nitrogen and oxygen atoms in total. The van der Waals surface area contributed by atoms with Crippen LogP contribution in [0.1, 0.15) is 20.3 Å². The highest BCUT2D eigenvalue weighted by Crippen LogP contribution is 2.35. The molecule has 0 fully saturated rings. The Hall–Kier alpha value is -2.73. The van der Waals surface area contributed by atoms with E-state index in [0.29, 0.717) is 17.5 Å².